The van der Waals surface area contributed by atoms with Gasteiger partial charge in [0.1, 0.15) is 0 Å². The van der Waals surface area contributed by atoms with E-state index in [1.165, 1.54) is 10.8 Å². The molecule has 4 aromatic carbocycles. The first-order valence-electron chi connectivity index (χ1n) is 9.80. The summed E-state index contributed by atoms with van der Waals surface area (Å²) in [5, 5.41) is 11.2. The van der Waals surface area contributed by atoms with E-state index in [1.807, 2.05) is 91.0 Å². The van der Waals surface area contributed by atoms with Crippen LogP contribution in [0.3, 0.4) is 0 Å². The number of aromatic nitrogens is 1. The van der Waals surface area contributed by atoms with Crippen LogP contribution in [-0.2, 0) is 11.2 Å². The lowest BCUT2D eigenvalue weighted by atomic mass is 9.98. The van der Waals surface area contributed by atoms with Gasteiger partial charge in [-0.15, -0.1) is 0 Å². The van der Waals surface area contributed by atoms with Crippen molar-refractivity contribution in [2.24, 2.45) is 0 Å². The average Bonchev–Trinajstić information content (AvgIpc) is 2.79. The van der Waals surface area contributed by atoms with E-state index in [4.69, 9.17) is 5.11 Å². The Morgan fingerprint density at radius 3 is 1.83 bits per heavy atom. The standard InChI is InChI=1S/C14H12O2.C13H9N/c15-14(16)10-12-8-4-5-9-13(12)11-6-2-1-3-7-11;1-3-7-12-10(5-1)9-11-6-2-4-8-13(11)14-12/h1-9H,10H2,(H,15,16);1-9H. The summed E-state index contributed by atoms with van der Waals surface area (Å²) in [4.78, 5) is 15.3. The number of pyridine rings is 1. The predicted molar refractivity (Wildman–Crippen MR) is 122 cm³/mol. The van der Waals surface area contributed by atoms with Crippen LogP contribution in [0.15, 0.2) is 109 Å². The fourth-order valence-corrected chi connectivity index (χ4v) is 3.46. The van der Waals surface area contributed by atoms with E-state index in [9.17, 15) is 4.79 Å². The number of rotatable bonds is 3. The van der Waals surface area contributed by atoms with Crippen LogP contribution in [0.25, 0.3) is 32.9 Å². The second-order valence-electron chi connectivity index (χ2n) is 6.97. The third-order valence-corrected chi connectivity index (χ3v) is 4.87. The van der Waals surface area contributed by atoms with Gasteiger partial charge in [0.15, 0.2) is 0 Å². The molecule has 1 N–H and O–H groups in total. The van der Waals surface area contributed by atoms with Crippen molar-refractivity contribution in [1.29, 1.82) is 0 Å². The molecular formula is C27H21NO2. The van der Waals surface area contributed by atoms with Crippen LogP contribution in [0.5, 0.6) is 0 Å². The molecule has 0 fully saturated rings. The molecule has 0 aliphatic heterocycles. The summed E-state index contributed by atoms with van der Waals surface area (Å²) >= 11 is 0. The molecule has 3 nitrogen and oxygen atoms in total. The Hall–Kier alpha value is -3.98. The maximum Gasteiger partial charge on any atom is 0.307 e. The number of carbonyl (C=O) groups is 1. The highest BCUT2D eigenvalue weighted by atomic mass is 16.4. The summed E-state index contributed by atoms with van der Waals surface area (Å²) in [5.74, 6) is -0.802. The van der Waals surface area contributed by atoms with Gasteiger partial charge in [-0.05, 0) is 34.9 Å². The zero-order chi connectivity index (χ0) is 20.8. The Morgan fingerprint density at radius 2 is 1.20 bits per heavy atom. The average molecular weight is 391 g/mol. The maximum atomic E-state index is 10.8. The van der Waals surface area contributed by atoms with E-state index in [1.54, 1.807) is 0 Å². The van der Waals surface area contributed by atoms with Crippen LogP contribution < -0.4 is 0 Å². The van der Waals surface area contributed by atoms with Crippen molar-refractivity contribution in [1.82, 2.24) is 4.98 Å². The van der Waals surface area contributed by atoms with Gasteiger partial charge in [0.2, 0.25) is 0 Å². The largest absolute Gasteiger partial charge is 0.481 e. The number of aliphatic carboxylic acids is 1. The van der Waals surface area contributed by atoms with Crippen LogP contribution in [0.1, 0.15) is 5.56 Å². The molecule has 0 aliphatic carbocycles. The van der Waals surface area contributed by atoms with Gasteiger partial charge in [0.05, 0.1) is 17.5 Å². The minimum atomic E-state index is -0.802. The molecule has 0 saturated carbocycles. The first kappa shape index (κ1) is 19.3. The van der Waals surface area contributed by atoms with E-state index >= 15 is 0 Å². The van der Waals surface area contributed by atoms with Crippen LogP contribution in [0, 0.1) is 0 Å². The van der Waals surface area contributed by atoms with Gasteiger partial charge in [0, 0.05) is 10.8 Å². The topological polar surface area (TPSA) is 50.2 Å². The molecule has 0 amide bonds. The highest BCUT2D eigenvalue weighted by molar-refractivity contribution is 5.92. The molecule has 5 aromatic rings. The van der Waals surface area contributed by atoms with E-state index < -0.39 is 5.97 Å². The van der Waals surface area contributed by atoms with Gasteiger partial charge in [-0.1, -0.05) is 91.0 Å². The number of nitrogens with zero attached hydrogens (tertiary/aromatic N) is 1. The Balaban J connectivity index is 0.000000146. The van der Waals surface area contributed by atoms with Crippen LogP contribution in [0.2, 0.25) is 0 Å². The summed E-state index contributed by atoms with van der Waals surface area (Å²) in [6.07, 6.45) is 0.0606. The van der Waals surface area contributed by atoms with Crippen molar-refractivity contribution in [3.8, 4) is 11.1 Å². The number of hydrogen-bond acceptors (Lipinski definition) is 2. The zero-order valence-electron chi connectivity index (χ0n) is 16.4. The Bertz CT molecular complexity index is 1190. The number of fused-ring (bicyclic) bond motifs is 2. The maximum absolute atomic E-state index is 10.8. The number of carboxylic acids is 1. The predicted octanol–water partition coefficient (Wildman–Crippen LogP) is 6.37. The van der Waals surface area contributed by atoms with Gasteiger partial charge in [-0.3, -0.25) is 4.79 Å². The third-order valence-electron chi connectivity index (χ3n) is 4.87. The van der Waals surface area contributed by atoms with Crippen molar-refractivity contribution in [3.63, 3.8) is 0 Å². The Labute approximate surface area is 175 Å². The molecule has 0 atom stereocenters. The Kier molecular flexibility index (Phi) is 5.81. The number of carboxylic acid groups (broad SMARTS) is 1. The first-order valence-corrected chi connectivity index (χ1v) is 9.80. The highest BCUT2D eigenvalue weighted by Crippen LogP contribution is 2.23. The van der Waals surface area contributed by atoms with Crippen molar-refractivity contribution in [2.45, 2.75) is 6.42 Å². The molecule has 0 spiro atoms. The lowest BCUT2D eigenvalue weighted by molar-refractivity contribution is -0.136. The second-order valence-corrected chi connectivity index (χ2v) is 6.97. The molecule has 1 aromatic heterocycles. The van der Waals surface area contributed by atoms with Gasteiger partial charge >= 0.3 is 5.97 Å². The number of para-hydroxylation sites is 2. The van der Waals surface area contributed by atoms with Crippen LogP contribution >= 0.6 is 0 Å². The molecule has 146 valence electrons. The highest BCUT2D eigenvalue weighted by Gasteiger charge is 2.07. The van der Waals surface area contributed by atoms with Crippen molar-refractivity contribution in [3.05, 3.63) is 115 Å². The SMILES string of the molecule is O=C(O)Cc1ccccc1-c1ccccc1.c1ccc2nc3ccccc3cc2c1. The fraction of sp³-hybridized carbons (Fsp3) is 0.0370. The van der Waals surface area contributed by atoms with Crippen LogP contribution in [-0.4, -0.2) is 16.1 Å². The fourth-order valence-electron chi connectivity index (χ4n) is 3.46. The molecule has 5 rings (SSSR count). The van der Waals surface area contributed by atoms with E-state index in [0.717, 1.165) is 27.7 Å². The monoisotopic (exact) mass is 391 g/mol. The minimum absolute atomic E-state index is 0.0606. The molecule has 0 unspecified atom stereocenters. The lowest BCUT2D eigenvalue weighted by Gasteiger charge is -2.07. The minimum Gasteiger partial charge on any atom is -0.481 e. The van der Waals surface area contributed by atoms with E-state index in [-0.39, 0.29) is 6.42 Å². The third kappa shape index (κ3) is 4.53. The molecule has 0 bridgehead atoms. The zero-order valence-corrected chi connectivity index (χ0v) is 16.4. The summed E-state index contributed by atoms with van der Waals surface area (Å²) in [6, 6.07) is 36.0. The summed E-state index contributed by atoms with van der Waals surface area (Å²) in [5.41, 5.74) is 5.02. The first-order chi connectivity index (χ1) is 14.7. The number of hydrogen-bond donors (Lipinski definition) is 1. The second kappa shape index (κ2) is 9.01. The quantitative estimate of drug-likeness (QED) is 0.364. The van der Waals surface area contributed by atoms with Crippen LogP contribution in [0.4, 0.5) is 0 Å². The van der Waals surface area contributed by atoms with Gasteiger partial charge < -0.3 is 5.11 Å². The number of benzene rings is 4. The van der Waals surface area contributed by atoms with Crippen molar-refractivity contribution in [2.75, 3.05) is 0 Å². The van der Waals surface area contributed by atoms with Gasteiger partial charge in [-0.25, -0.2) is 4.98 Å². The molecule has 30 heavy (non-hydrogen) atoms. The summed E-state index contributed by atoms with van der Waals surface area (Å²) < 4.78 is 0. The van der Waals surface area contributed by atoms with E-state index in [0.29, 0.717) is 0 Å². The summed E-state index contributed by atoms with van der Waals surface area (Å²) in [7, 11) is 0. The van der Waals surface area contributed by atoms with E-state index in [2.05, 4.69) is 23.2 Å². The molecule has 0 aliphatic rings. The molecule has 0 radical (unpaired) electrons. The smallest absolute Gasteiger partial charge is 0.307 e. The molecule has 1 heterocycles. The molecule has 3 heteroatoms. The van der Waals surface area contributed by atoms with Gasteiger partial charge in [-0.2, -0.15) is 0 Å². The van der Waals surface area contributed by atoms with Gasteiger partial charge in [0.25, 0.3) is 0 Å². The normalized spacial score (nSPS) is 10.4. The van der Waals surface area contributed by atoms with Crippen molar-refractivity contribution >= 4 is 27.8 Å². The lowest BCUT2D eigenvalue weighted by Crippen LogP contribution is -2.01. The summed E-state index contributed by atoms with van der Waals surface area (Å²) in [6.45, 7) is 0. The Morgan fingerprint density at radius 1 is 0.667 bits per heavy atom. The molecule has 0 saturated heterocycles. The van der Waals surface area contributed by atoms with Crippen molar-refractivity contribution < 1.29 is 9.90 Å². The molecular weight excluding hydrogens is 370 g/mol.